The summed E-state index contributed by atoms with van der Waals surface area (Å²) in [4.78, 5) is 0. The predicted octanol–water partition coefficient (Wildman–Crippen LogP) is 2.40. The topological polar surface area (TPSA) is 12.0 Å². The molecule has 0 saturated heterocycles. The molecule has 1 N–H and O–H groups in total. The molecule has 0 aromatic heterocycles. The van der Waals surface area contributed by atoms with Crippen LogP contribution in [0, 0.1) is 0 Å². The second-order valence-electron chi connectivity index (χ2n) is 3.68. The minimum absolute atomic E-state index is 0.875. The van der Waals surface area contributed by atoms with Crippen LogP contribution in [0.5, 0.6) is 0 Å². The third kappa shape index (κ3) is 1.64. The Morgan fingerprint density at radius 3 is 2.93 bits per heavy atom. The van der Waals surface area contributed by atoms with Crippen LogP contribution in [0.15, 0.2) is 42.0 Å². The monoisotopic (exact) mass is 185 g/mol. The van der Waals surface area contributed by atoms with Crippen LogP contribution in [0.1, 0.15) is 11.1 Å². The summed E-state index contributed by atoms with van der Waals surface area (Å²) in [5.74, 6) is 0. The number of nitrogens with one attached hydrogen (secondary N) is 1. The zero-order chi connectivity index (χ0) is 9.97. The fourth-order valence-electron chi connectivity index (χ4n) is 1.83. The molecule has 0 atom stereocenters. The number of benzene rings is 1. The van der Waals surface area contributed by atoms with Crippen molar-refractivity contribution in [3.63, 3.8) is 0 Å². The Morgan fingerprint density at radius 2 is 2.21 bits per heavy atom. The molecule has 0 fully saturated rings. The first-order chi connectivity index (χ1) is 6.81. The average Bonchev–Trinajstić information content (AvgIpc) is 2.61. The van der Waals surface area contributed by atoms with Gasteiger partial charge in [-0.2, -0.15) is 0 Å². The highest BCUT2D eigenvalue weighted by Gasteiger charge is 2.13. The van der Waals surface area contributed by atoms with Crippen LogP contribution in [0.2, 0.25) is 0 Å². The van der Waals surface area contributed by atoms with Crippen molar-refractivity contribution in [2.45, 2.75) is 6.42 Å². The van der Waals surface area contributed by atoms with Gasteiger partial charge in [-0.25, -0.2) is 0 Å². The molecule has 72 valence electrons. The molecule has 1 aromatic rings. The zero-order valence-electron chi connectivity index (χ0n) is 8.51. The smallest absolute Gasteiger partial charge is 0.0199 e. The summed E-state index contributed by atoms with van der Waals surface area (Å²) in [5.41, 5.74) is 5.32. The molecule has 1 nitrogen and oxygen atoms in total. The molecule has 0 bridgehead atoms. The minimum Gasteiger partial charge on any atom is -0.316 e. The highest BCUT2D eigenvalue weighted by atomic mass is 14.8. The van der Waals surface area contributed by atoms with Crippen LogP contribution < -0.4 is 5.32 Å². The highest BCUT2D eigenvalue weighted by Crippen LogP contribution is 2.27. The second kappa shape index (κ2) is 3.81. The number of fused-ring (bicyclic) bond motifs is 1. The Kier molecular flexibility index (Phi) is 2.51. The molecule has 1 heteroatoms. The molecule has 0 radical (unpaired) electrons. The van der Waals surface area contributed by atoms with E-state index in [1.54, 1.807) is 0 Å². The van der Waals surface area contributed by atoms with Gasteiger partial charge in [-0.3, -0.25) is 0 Å². The standard InChI is InChI=1S/C13H15N/c1-10(9-14-2)13-7-11-5-3-4-6-12(11)8-13/h3-7,14H,1,8-9H2,2H3. The molecule has 2 rings (SSSR count). The van der Waals surface area contributed by atoms with Crippen molar-refractivity contribution in [2.75, 3.05) is 13.6 Å². The van der Waals surface area contributed by atoms with Gasteiger partial charge in [0.05, 0.1) is 0 Å². The molecule has 14 heavy (non-hydrogen) atoms. The van der Waals surface area contributed by atoms with Gasteiger partial charge < -0.3 is 5.32 Å². The Morgan fingerprint density at radius 1 is 1.43 bits per heavy atom. The summed E-state index contributed by atoms with van der Waals surface area (Å²) < 4.78 is 0. The lowest BCUT2D eigenvalue weighted by molar-refractivity contribution is 0.883. The van der Waals surface area contributed by atoms with Gasteiger partial charge in [0, 0.05) is 6.54 Å². The van der Waals surface area contributed by atoms with E-state index in [2.05, 4.69) is 42.2 Å². The van der Waals surface area contributed by atoms with Crippen molar-refractivity contribution in [3.8, 4) is 0 Å². The van der Waals surface area contributed by atoms with E-state index in [4.69, 9.17) is 0 Å². The largest absolute Gasteiger partial charge is 0.316 e. The first-order valence-corrected chi connectivity index (χ1v) is 4.92. The summed E-state index contributed by atoms with van der Waals surface area (Å²) >= 11 is 0. The molecule has 0 amide bonds. The normalized spacial score (nSPS) is 13.6. The van der Waals surface area contributed by atoms with Crippen molar-refractivity contribution in [3.05, 3.63) is 53.1 Å². The third-order valence-corrected chi connectivity index (χ3v) is 2.61. The molecule has 1 aliphatic carbocycles. The van der Waals surface area contributed by atoms with Gasteiger partial charge in [0.15, 0.2) is 0 Å². The molecule has 1 aliphatic rings. The van der Waals surface area contributed by atoms with Crippen molar-refractivity contribution < 1.29 is 0 Å². The maximum atomic E-state index is 4.08. The number of likely N-dealkylation sites (N-methyl/N-ethyl adjacent to an activating group) is 1. The van der Waals surface area contributed by atoms with E-state index in [1.165, 1.54) is 22.3 Å². The average molecular weight is 185 g/mol. The van der Waals surface area contributed by atoms with Crippen LogP contribution >= 0.6 is 0 Å². The molecule has 0 spiro atoms. The molecular formula is C13H15N. The summed E-state index contributed by atoms with van der Waals surface area (Å²) in [6.45, 7) is 4.95. The van der Waals surface area contributed by atoms with E-state index in [9.17, 15) is 0 Å². The maximum absolute atomic E-state index is 4.08. The van der Waals surface area contributed by atoms with Crippen LogP contribution in [-0.2, 0) is 6.42 Å². The summed E-state index contributed by atoms with van der Waals surface area (Å²) in [7, 11) is 1.95. The molecular weight excluding hydrogens is 170 g/mol. The fraction of sp³-hybridized carbons (Fsp3) is 0.231. The quantitative estimate of drug-likeness (QED) is 0.762. The van der Waals surface area contributed by atoms with Gasteiger partial charge in [0.1, 0.15) is 0 Å². The lowest BCUT2D eigenvalue weighted by atomic mass is 10.1. The molecule has 0 aliphatic heterocycles. The Hall–Kier alpha value is -1.34. The third-order valence-electron chi connectivity index (χ3n) is 2.61. The zero-order valence-corrected chi connectivity index (χ0v) is 8.51. The Bertz CT molecular complexity index is 388. The SMILES string of the molecule is C=C(CNC)C1=Cc2ccccc2C1. The first-order valence-electron chi connectivity index (χ1n) is 4.92. The van der Waals surface area contributed by atoms with Gasteiger partial charge >= 0.3 is 0 Å². The summed E-state index contributed by atoms with van der Waals surface area (Å²) in [6.07, 6.45) is 3.28. The Labute approximate surface area is 85.2 Å². The molecule has 0 unspecified atom stereocenters. The van der Waals surface area contributed by atoms with Crippen molar-refractivity contribution >= 4 is 6.08 Å². The van der Waals surface area contributed by atoms with E-state index < -0.39 is 0 Å². The maximum Gasteiger partial charge on any atom is 0.0199 e. The highest BCUT2D eigenvalue weighted by molar-refractivity contribution is 5.68. The Balaban J connectivity index is 2.19. The molecule has 1 aromatic carbocycles. The van der Waals surface area contributed by atoms with Crippen molar-refractivity contribution in [1.82, 2.24) is 5.32 Å². The first kappa shape index (κ1) is 9.22. The van der Waals surface area contributed by atoms with Crippen LogP contribution in [-0.4, -0.2) is 13.6 Å². The van der Waals surface area contributed by atoms with Gasteiger partial charge in [-0.15, -0.1) is 0 Å². The van der Waals surface area contributed by atoms with Crippen LogP contribution in [0.25, 0.3) is 6.08 Å². The van der Waals surface area contributed by atoms with Gasteiger partial charge in [-0.1, -0.05) is 36.9 Å². The van der Waals surface area contributed by atoms with E-state index in [-0.39, 0.29) is 0 Å². The molecule has 0 heterocycles. The number of hydrogen-bond acceptors (Lipinski definition) is 1. The number of rotatable bonds is 3. The van der Waals surface area contributed by atoms with Crippen molar-refractivity contribution in [1.29, 1.82) is 0 Å². The lowest BCUT2D eigenvalue weighted by Gasteiger charge is -2.04. The van der Waals surface area contributed by atoms with Crippen molar-refractivity contribution in [2.24, 2.45) is 0 Å². The van der Waals surface area contributed by atoms with Gasteiger partial charge in [-0.05, 0) is 35.7 Å². The van der Waals surface area contributed by atoms with E-state index in [0.717, 1.165) is 13.0 Å². The second-order valence-corrected chi connectivity index (χ2v) is 3.68. The van der Waals surface area contributed by atoms with Gasteiger partial charge in [0.25, 0.3) is 0 Å². The van der Waals surface area contributed by atoms with E-state index in [0.29, 0.717) is 0 Å². The van der Waals surface area contributed by atoms with E-state index in [1.807, 2.05) is 7.05 Å². The predicted molar refractivity (Wildman–Crippen MR) is 61.2 cm³/mol. The van der Waals surface area contributed by atoms with Gasteiger partial charge in [0.2, 0.25) is 0 Å². The van der Waals surface area contributed by atoms with Crippen LogP contribution in [0.3, 0.4) is 0 Å². The number of hydrogen-bond donors (Lipinski definition) is 1. The van der Waals surface area contributed by atoms with Crippen LogP contribution in [0.4, 0.5) is 0 Å². The lowest BCUT2D eigenvalue weighted by Crippen LogP contribution is -2.11. The minimum atomic E-state index is 0.875. The summed E-state index contributed by atoms with van der Waals surface area (Å²) in [6, 6.07) is 8.52. The van der Waals surface area contributed by atoms with E-state index >= 15 is 0 Å². The summed E-state index contributed by atoms with van der Waals surface area (Å²) in [5, 5.41) is 3.13. The fourth-order valence-corrected chi connectivity index (χ4v) is 1.83. The molecule has 0 saturated carbocycles.